The minimum absolute atomic E-state index is 0.0976. The summed E-state index contributed by atoms with van der Waals surface area (Å²) in [5.41, 5.74) is -0.0976. The lowest BCUT2D eigenvalue weighted by Crippen LogP contribution is -2.10. The Morgan fingerprint density at radius 2 is 1.65 bits per heavy atom. The topological polar surface area (TPSA) is 34.1 Å². The fraction of sp³-hybridized carbons (Fsp3) is 0.385. The molecule has 0 atom stereocenters. The number of carbonyl (C=O) groups is 2. The minimum atomic E-state index is -0.815. The number of Topliss-reactive ketones (excluding diaryl/α,β-unsaturated/α-hetero) is 2. The van der Waals surface area contributed by atoms with Crippen LogP contribution in [0.4, 0.5) is 8.78 Å². The van der Waals surface area contributed by atoms with E-state index in [0.717, 1.165) is 12.1 Å². The van der Waals surface area contributed by atoms with Gasteiger partial charge in [0.2, 0.25) is 0 Å². The third-order valence-electron chi connectivity index (χ3n) is 2.18. The average molecular weight is 240 g/mol. The van der Waals surface area contributed by atoms with Gasteiger partial charge in [-0.05, 0) is 18.1 Å². The zero-order valence-electron chi connectivity index (χ0n) is 9.80. The Kier molecular flexibility index (Phi) is 4.49. The van der Waals surface area contributed by atoms with Crippen LogP contribution in [-0.2, 0) is 4.79 Å². The molecule has 0 saturated carbocycles. The molecule has 0 radical (unpaired) electrons. The van der Waals surface area contributed by atoms with E-state index >= 15 is 0 Å². The lowest BCUT2D eigenvalue weighted by atomic mass is 10.00. The number of benzene rings is 1. The van der Waals surface area contributed by atoms with Crippen LogP contribution in [0, 0.1) is 17.6 Å². The highest BCUT2D eigenvalue weighted by Crippen LogP contribution is 2.12. The van der Waals surface area contributed by atoms with E-state index in [1.165, 1.54) is 0 Å². The number of rotatable bonds is 5. The molecule has 4 heteroatoms. The maximum absolute atomic E-state index is 12.9. The predicted octanol–water partition coefficient (Wildman–Crippen LogP) is 3.15. The molecule has 0 bridgehead atoms. The molecule has 0 spiro atoms. The van der Waals surface area contributed by atoms with E-state index in [1.54, 1.807) is 0 Å². The van der Waals surface area contributed by atoms with Crippen LogP contribution in [0.2, 0.25) is 0 Å². The molecule has 92 valence electrons. The third-order valence-corrected chi connectivity index (χ3v) is 2.18. The van der Waals surface area contributed by atoms with Gasteiger partial charge in [0.1, 0.15) is 17.4 Å². The monoisotopic (exact) mass is 240 g/mol. The van der Waals surface area contributed by atoms with Crippen LogP contribution in [0.25, 0.3) is 0 Å². The molecule has 0 amide bonds. The third kappa shape index (κ3) is 4.43. The van der Waals surface area contributed by atoms with Crippen LogP contribution in [-0.4, -0.2) is 11.6 Å². The van der Waals surface area contributed by atoms with Gasteiger partial charge in [0, 0.05) is 18.1 Å². The van der Waals surface area contributed by atoms with Gasteiger partial charge in [0.05, 0.1) is 6.42 Å². The van der Waals surface area contributed by atoms with Crippen molar-refractivity contribution in [3.63, 3.8) is 0 Å². The molecule has 1 rings (SSSR count). The van der Waals surface area contributed by atoms with Gasteiger partial charge in [-0.1, -0.05) is 13.8 Å². The summed E-state index contributed by atoms with van der Waals surface area (Å²) >= 11 is 0. The SMILES string of the molecule is CC(C)CC(=O)CC(=O)c1cc(F)cc(F)c1. The molecule has 0 aliphatic rings. The molecule has 1 aromatic rings. The molecule has 0 heterocycles. The standard InChI is InChI=1S/C13H14F2O2/c1-8(2)3-12(16)7-13(17)9-4-10(14)6-11(15)5-9/h4-6,8H,3,7H2,1-2H3. The Balaban J connectivity index is 2.73. The van der Waals surface area contributed by atoms with Gasteiger partial charge in [-0.2, -0.15) is 0 Å². The molecule has 0 aliphatic carbocycles. The van der Waals surface area contributed by atoms with E-state index in [4.69, 9.17) is 0 Å². The van der Waals surface area contributed by atoms with Crippen molar-refractivity contribution < 1.29 is 18.4 Å². The molecule has 2 nitrogen and oxygen atoms in total. The van der Waals surface area contributed by atoms with Crippen molar-refractivity contribution in [2.24, 2.45) is 5.92 Å². The fourth-order valence-corrected chi connectivity index (χ4v) is 1.52. The van der Waals surface area contributed by atoms with E-state index < -0.39 is 17.4 Å². The van der Waals surface area contributed by atoms with Crippen molar-refractivity contribution in [2.75, 3.05) is 0 Å². The van der Waals surface area contributed by atoms with Gasteiger partial charge in [0.25, 0.3) is 0 Å². The molecular formula is C13H14F2O2. The maximum Gasteiger partial charge on any atom is 0.170 e. The summed E-state index contributed by atoms with van der Waals surface area (Å²) in [6.45, 7) is 3.73. The van der Waals surface area contributed by atoms with Gasteiger partial charge in [-0.15, -0.1) is 0 Å². The van der Waals surface area contributed by atoms with Crippen LogP contribution < -0.4 is 0 Å². The summed E-state index contributed by atoms with van der Waals surface area (Å²) in [5, 5.41) is 0. The Bertz CT molecular complexity index is 419. The first kappa shape index (κ1) is 13.5. The molecule has 17 heavy (non-hydrogen) atoms. The zero-order chi connectivity index (χ0) is 13.0. The van der Waals surface area contributed by atoms with Crippen molar-refractivity contribution in [1.82, 2.24) is 0 Å². The van der Waals surface area contributed by atoms with E-state index in [9.17, 15) is 18.4 Å². The Morgan fingerprint density at radius 1 is 1.12 bits per heavy atom. The second-order valence-corrected chi connectivity index (χ2v) is 4.39. The van der Waals surface area contributed by atoms with Crippen molar-refractivity contribution in [2.45, 2.75) is 26.7 Å². The Labute approximate surface area is 98.6 Å². The first-order valence-electron chi connectivity index (χ1n) is 5.39. The van der Waals surface area contributed by atoms with E-state index in [-0.39, 0.29) is 23.7 Å². The lowest BCUT2D eigenvalue weighted by Gasteiger charge is -2.04. The van der Waals surface area contributed by atoms with E-state index in [0.29, 0.717) is 12.5 Å². The summed E-state index contributed by atoms with van der Waals surface area (Å²) in [7, 11) is 0. The Morgan fingerprint density at radius 3 is 2.12 bits per heavy atom. The summed E-state index contributed by atoms with van der Waals surface area (Å²) in [4.78, 5) is 23.0. The minimum Gasteiger partial charge on any atom is -0.299 e. The van der Waals surface area contributed by atoms with Gasteiger partial charge in [-0.25, -0.2) is 8.78 Å². The summed E-state index contributed by atoms with van der Waals surface area (Å²) in [6.07, 6.45) is -0.00931. The van der Waals surface area contributed by atoms with Gasteiger partial charge in [-0.3, -0.25) is 9.59 Å². The van der Waals surface area contributed by atoms with Crippen LogP contribution in [0.1, 0.15) is 37.0 Å². The number of halogens is 2. The van der Waals surface area contributed by atoms with Crippen LogP contribution in [0.3, 0.4) is 0 Å². The van der Waals surface area contributed by atoms with Crippen molar-refractivity contribution >= 4 is 11.6 Å². The highest BCUT2D eigenvalue weighted by molar-refractivity contribution is 6.07. The van der Waals surface area contributed by atoms with Crippen LogP contribution in [0.15, 0.2) is 18.2 Å². The van der Waals surface area contributed by atoms with E-state index in [1.807, 2.05) is 13.8 Å². The maximum atomic E-state index is 12.9. The molecule has 0 fully saturated rings. The first-order chi connectivity index (χ1) is 7.88. The second kappa shape index (κ2) is 5.66. The molecule has 0 N–H and O–H groups in total. The molecule has 0 unspecified atom stereocenters. The Hall–Kier alpha value is -1.58. The number of hydrogen-bond donors (Lipinski definition) is 0. The molecule has 0 aliphatic heterocycles. The molecule has 0 aromatic heterocycles. The van der Waals surface area contributed by atoms with Crippen molar-refractivity contribution in [1.29, 1.82) is 0 Å². The summed E-state index contributed by atoms with van der Waals surface area (Å²) < 4.78 is 25.7. The van der Waals surface area contributed by atoms with Crippen molar-refractivity contribution in [3.8, 4) is 0 Å². The van der Waals surface area contributed by atoms with Gasteiger partial charge >= 0.3 is 0 Å². The zero-order valence-corrected chi connectivity index (χ0v) is 9.80. The quantitative estimate of drug-likeness (QED) is 0.585. The predicted molar refractivity (Wildman–Crippen MR) is 59.8 cm³/mol. The van der Waals surface area contributed by atoms with Gasteiger partial charge < -0.3 is 0 Å². The molecular weight excluding hydrogens is 226 g/mol. The average Bonchev–Trinajstić information content (AvgIpc) is 2.14. The fourth-order valence-electron chi connectivity index (χ4n) is 1.52. The van der Waals surface area contributed by atoms with Crippen molar-refractivity contribution in [3.05, 3.63) is 35.4 Å². The highest BCUT2D eigenvalue weighted by Gasteiger charge is 2.14. The summed E-state index contributed by atoms with van der Waals surface area (Å²) in [6, 6.07) is 2.56. The number of hydrogen-bond acceptors (Lipinski definition) is 2. The van der Waals surface area contributed by atoms with Crippen LogP contribution in [0.5, 0.6) is 0 Å². The smallest absolute Gasteiger partial charge is 0.170 e. The van der Waals surface area contributed by atoms with Gasteiger partial charge in [0.15, 0.2) is 5.78 Å². The largest absolute Gasteiger partial charge is 0.299 e. The number of ketones is 2. The van der Waals surface area contributed by atoms with Crippen LogP contribution >= 0.6 is 0 Å². The lowest BCUT2D eigenvalue weighted by molar-refractivity contribution is -0.118. The normalized spacial score (nSPS) is 10.6. The summed E-state index contributed by atoms with van der Waals surface area (Å²) in [5.74, 6) is -2.22. The molecule has 1 aromatic carbocycles. The second-order valence-electron chi connectivity index (χ2n) is 4.39. The first-order valence-corrected chi connectivity index (χ1v) is 5.39. The molecule has 0 saturated heterocycles. The highest BCUT2D eigenvalue weighted by atomic mass is 19.1. The van der Waals surface area contributed by atoms with E-state index in [2.05, 4.69) is 0 Å². The number of carbonyl (C=O) groups excluding carboxylic acids is 2.